The number of rotatable bonds is 2. The van der Waals surface area contributed by atoms with E-state index in [4.69, 9.17) is 16.7 Å². The van der Waals surface area contributed by atoms with Crippen LogP contribution in [0.25, 0.3) is 10.9 Å². The van der Waals surface area contributed by atoms with Gasteiger partial charge < -0.3 is 10.1 Å². The molecule has 1 heterocycles. The van der Waals surface area contributed by atoms with Crippen molar-refractivity contribution in [2.24, 2.45) is 0 Å². The van der Waals surface area contributed by atoms with Gasteiger partial charge in [0, 0.05) is 5.39 Å². The molecule has 3 rings (SSSR count). The quantitative estimate of drug-likeness (QED) is 0.874. The van der Waals surface area contributed by atoms with Crippen LogP contribution in [0.5, 0.6) is 0 Å². The number of halogens is 1. The number of carbonyl (C=O) groups is 1. The third-order valence-corrected chi connectivity index (χ3v) is 4.17. The summed E-state index contributed by atoms with van der Waals surface area (Å²) < 4.78 is 0. The molecule has 0 saturated heterocycles. The second-order valence-electron chi connectivity index (χ2n) is 4.88. The number of nitrogens with one attached hydrogen (secondary N) is 1. The predicted octanol–water partition coefficient (Wildman–Crippen LogP) is 4.17. The Morgan fingerprint density at radius 3 is 2.52 bits per heavy atom. The molecule has 1 aliphatic carbocycles. The molecule has 112 valence electrons. The van der Waals surface area contributed by atoms with E-state index in [-0.39, 0.29) is 5.56 Å². The van der Waals surface area contributed by atoms with Crippen LogP contribution in [0, 0.1) is 0 Å². The molecule has 0 radical (unpaired) electrons. The van der Waals surface area contributed by atoms with Crippen LogP contribution in [-0.4, -0.2) is 16.1 Å². The maximum Gasteiger partial charge on any atom is 0.341 e. The van der Waals surface area contributed by atoms with E-state index in [1.807, 2.05) is 26.0 Å². The van der Waals surface area contributed by atoms with E-state index in [0.29, 0.717) is 21.8 Å². The zero-order valence-corrected chi connectivity index (χ0v) is 12.8. The number of hydrogen-bond acceptors (Lipinski definition) is 2. The number of aromatic amines is 1. The van der Waals surface area contributed by atoms with E-state index in [1.54, 1.807) is 0 Å². The van der Waals surface area contributed by atoms with Crippen LogP contribution in [0.3, 0.4) is 0 Å². The van der Waals surface area contributed by atoms with Gasteiger partial charge in [0.25, 0.3) is 5.56 Å². The van der Waals surface area contributed by atoms with E-state index < -0.39 is 11.5 Å². The first-order valence-corrected chi connectivity index (χ1v) is 7.54. The van der Waals surface area contributed by atoms with E-state index in [2.05, 4.69) is 4.98 Å². The minimum absolute atomic E-state index is 0.264. The zero-order chi connectivity index (χ0) is 15.6. The second kappa shape index (κ2) is 6.31. The van der Waals surface area contributed by atoms with E-state index >= 15 is 0 Å². The number of carboxylic acids is 1. The molecule has 1 saturated carbocycles. The summed E-state index contributed by atoms with van der Waals surface area (Å²) in [4.78, 5) is 25.2. The van der Waals surface area contributed by atoms with Crippen LogP contribution in [0.1, 0.15) is 54.9 Å². The minimum atomic E-state index is -1.23. The maximum atomic E-state index is 11.7. The molecule has 0 spiro atoms. The number of benzene rings is 1. The smallest absolute Gasteiger partial charge is 0.341 e. The fourth-order valence-electron chi connectivity index (χ4n) is 2.45. The Balaban J connectivity index is 0.000000774. The Labute approximate surface area is 127 Å². The SMILES string of the molecule is CC.O=C(O)c1cc2ccc(C3CCC3)c(Cl)c2[nH]c1=O. The molecule has 0 unspecified atom stereocenters. The number of H-pyrrole nitrogens is 1. The van der Waals surface area contributed by atoms with E-state index in [9.17, 15) is 9.59 Å². The summed E-state index contributed by atoms with van der Waals surface area (Å²) in [6.45, 7) is 4.00. The van der Waals surface area contributed by atoms with Crippen molar-refractivity contribution in [3.05, 3.63) is 44.7 Å². The molecule has 1 aliphatic rings. The highest BCUT2D eigenvalue weighted by molar-refractivity contribution is 6.36. The number of pyridine rings is 1. The first kappa shape index (κ1) is 15.6. The Morgan fingerprint density at radius 1 is 1.33 bits per heavy atom. The van der Waals surface area contributed by atoms with Crippen molar-refractivity contribution in [2.45, 2.75) is 39.0 Å². The third-order valence-electron chi connectivity index (χ3n) is 3.76. The standard InChI is InChI=1S/C14H12ClNO3.C2H6/c15-11-9(7-2-1-3-7)5-4-8-6-10(14(18)19)13(17)16-12(8)11;1-2/h4-7H,1-3H2,(H,16,17)(H,18,19);1-2H3. The summed E-state index contributed by atoms with van der Waals surface area (Å²) in [6, 6.07) is 5.11. The van der Waals surface area contributed by atoms with Gasteiger partial charge in [-0.2, -0.15) is 0 Å². The fourth-order valence-corrected chi connectivity index (χ4v) is 2.82. The first-order valence-electron chi connectivity index (χ1n) is 7.16. The topological polar surface area (TPSA) is 70.2 Å². The van der Waals surface area contributed by atoms with Gasteiger partial charge in [0.1, 0.15) is 5.56 Å². The van der Waals surface area contributed by atoms with E-state index in [1.165, 1.54) is 12.5 Å². The molecular weight excluding hydrogens is 290 g/mol. The lowest BCUT2D eigenvalue weighted by Crippen LogP contribution is -2.17. The lowest BCUT2D eigenvalue weighted by molar-refractivity contribution is 0.0695. The van der Waals surface area contributed by atoms with Crippen LogP contribution in [0.4, 0.5) is 0 Å². The van der Waals surface area contributed by atoms with Gasteiger partial charge >= 0.3 is 5.97 Å². The Hall–Kier alpha value is -1.81. The van der Waals surface area contributed by atoms with Crippen molar-refractivity contribution in [3.63, 3.8) is 0 Å². The normalized spacial score (nSPS) is 14.2. The summed E-state index contributed by atoms with van der Waals surface area (Å²) >= 11 is 6.34. The summed E-state index contributed by atoms with van der Waals surface area (Å²) in [5, 5.41) is 10.1. The molecule has 0 amide bonds. The van der Waals surface area contributed by atoms with Gasteiger partial charge in [-0.1, -0.05) is 44.0 Å². The van der Waals surface area contributed by atoms with Crippen molar-refractivity contribution in [2.75, 3.05) is 0 Å². The lowest BCUT2D eigenvalue weighted by Gasteiger charge is -2.27. The van der Waals surface area contributed by atoms with Crippen LogP contribution < -0.4 is 5.56 Å². The fraction of sp³-hybridized carbons (Fsp3) is 0.375. The van der Waals surface area contributed by atoms with Crippen LogP contribution in [0.2, 0.25) is 5.02 Å². The van der Waals surface area contributed by atoms with Gasteiger partial charge in [0.2, 0.25) is 0 Å². The second-order valence-corrected chi connectivity index (χ2v) is 5.26. The molecule has 2 aromatic rings. The van der Waals surface area contributed by atoms with Gasteiger partial charge in [-0.3, -0.25) is 4.79 Å². The van der Waals surface area contributed by atoms with Crippen LogP contribution in [-0.2, 0) is 0 Å². The van der Waals surface area contributed by atoms with Crippen molar-refractivity contribution in [3.8, 4) is 0 Å². The molecule has 1 aromatic heterocycles. The number of aromatic carboxylic acids is 1. The monoisotopic (exact) mass is 307 g/mol. The molecule has 2 N–H and O–H groups in total. The van der Waals surface area contributed by atoms with Crippen LogP contribution in [0.15, 0.2) is 23.0 Å². The summed E-state index contributed by atoms with van der Waals surface area (Å²) in [5.41, 5.74) is 0.688. The molecule has 0 atom stereocenters. The maximum absolute atomic E-state index is 11.7. The predicted molar refractivity (Wildman–Crippen MR) is 84.5 cm³/mol. The Morgan fingerprint density at radius 2 is 2.00 bits per heavy atom. The highest BCUT2D eigenvalue weighted by Crippen LogP contribution is 2.41. The van der Waals surface area contributed by atoms with Gasteiger partial charge in [0.05, 0.1) is 10.5 Å². The summed E-state index contributed by atoms with van der Waals surface area (Å²) in [5.74, 6) is -0.776. The van der Waals surface area contributed by atoms with E-state index in [0.717, 1.165) is 18.4 Å². The zero-order valence-electron chi connectivity index (χ0n) is 12.1. The Kier molecular flexibility index (Phi) is 4.68. The molecule has 21 heavy (non-hydrogen) atoms. The van der Waals surface area contributed by atoms with Crippen molar-refractivity contribution in [1.82, 2.24) is 4.98 Å². The first-order chi connectivity index (χ1) is 10.1. The molecule has 0 aliphatic heterocycles. The summed E-state index contributed by atoms with van der Waals surface area (Å²) in [7, 11) is 0. The van der Waals surface area contributed by atoms with Crippen LogP contribution >= 0.6 is 11.6 Å². The Bertz CT molecular complexity index is 732. The lowest BCUT2D eigenvalue weighted by atomic mass is 9.80. The molecule has 0 bridgehead atoms. The summed E-state index contributed by atoms with van der Waals surface area (Å²) in [6.07, 6.45) is 3.43. The number of fused-ring (bicyclic) bond motifs is 1. The minimum Gasteiger partial charge on any atom is -0.477 e. The molecule has 5 heteroatoms. The van der Waals surface area contributed by atoms with Crippen molar-refractivity contribution < 1.29 is 9.90 Å². The molecule has 1 fully saturated rings. The average molecular weight is 308 g/mol. The number of carboxylic acid groups (broad SMARTS) is 1. The average Bonchev–Trinajstić information content (AvgIpc) is 2.42. The van der Waals surface area contributed by atoms with Gasteiger partial charge in [0.15, 0.2) is 0 Å². The van der Waals surface area contributed by atoms with Gasteiger partial charge in [-0.25, -0.2) is 4.79 Å². The number of aromatic nitrogens is 1. The molecule has 4 nitrogen and oxygen atoms in total. The molecular formula is C16H18ClNO3. The highest BCUT2D eigenvalue weighted by Gasteiger charge is 2.23. The third kappa shape index (κ3) is 2.81. The highest BCUT2D eigenvalue weighted by atomic mass is 35.5. The van der Waals surface area contributed by atoms with Gasteiger partial charge in [-0.05, 0) is 30.4 Å². The van der Waals surface area contributed by atoms with Gasteiger partial charge in [-0.15, -0.1) is 0 Å². The number of hydrogen-bond donors (Lipinski definition) is 2. The van der Waals surface area contributed by atoms with Crippen molar-refractivity contribution in [1.29, 1.82) is 0 Å². The van der Waals surface area contributed by atoms with Crippen molar-refractivity contribution >= 4 is 28.5 Å². The largest absolute Gasteiger partial charge is 0.477 e. The molecule has 1 aromatic carbocycles.